The van der Waals surface area contributed by atoms with Gasteiger partial charge in [-0.05, 0) is 37.1 Å². The number of hydrogen-bond donors (Lipinski definition) is 1. The number of carbonyl (C=O) groups excluding carboxylic acids is 1. The predicted octanol–water partition coefficient (Wildman–Crippen LogP) is 2.45. The van der Waals surface area contributed by atoms with E-state index in [1.807, 2.05) is 0 Å². The summed E-state index contributed by atoms with van der Waals surface area (Å²) in [4.78, 5) is 11.5. The van der Waals surface area contributed by atoms with Crippen molar-refractivity contribution in [3.63, 3.8) is 0 Å². The van der Waals surface area contributed by atoms with E-state index in [2.05, 4.69) is 24.2 Å². The van der Waals surface area contributed by atoms with Crippen molar-refractivity contribution in [1.29, 1.82) is 0 Å². The Morgan fingerprint density at radius 1 is 1.27 bits per heavy atom. The van der Waals surface area contributed by atoms with Gasteiger partial charge in [0.2, 0.25) is 0 Å². The fraction of sp³-hybridized carbons (Fsp3) is 0.438. The van der Waals surface area contributed by atoms with Gasteiger partial charge in [-0.1, -0.05) is 19.1 Å². The number of aliphatic hydroxyl groups excluding tert-OH is 1. The summed E-state index contributed by atoms with van der Waals surface area (Å²) < 4.78 is 6.43. The fourth-order valence-electron chi connectivity index (χ4n) is 2.56. The molecule has 1 aromatic heterocycles. The summed E-state index contributed by atoms with van der Waals surface area (Å²) in [5.74, 6) is -0.0983. The Labute approximate surface area is 129 Å². The smallest absolute Gasteiger partial charge is 0.337 e. The number of esters is 1. The number of rotatable bonds is 6. The average Bonchev–Trinajstić information content (AvgIpc) is 2.99. The Balaban J connectivity index is 2.44. The van der Waals surface area contributed by atoms with Crippen LogP contribution in [0.15, 0.2) is 24.3 Å². The number of aliphatic hydroxyl groups is 1. The number of nitrogens with zero attached hydrogens (tertiary/aromatic N) is 3. The number of benzene rings is 1. The third-order valence-corrected chi connectivity index (χ3v) is 3.83. The molecule has 6 heteroatoms. The molecule has 1 heterocycles. The summed E-state index contributed by atoms with van der Waals surface area (Å²) >= 11 is 0. The van der Waals surface area contributed by atoms with Crippen LogP contribution < -0.4 is 0 Å². The fourth-order valence-corrected chi connectivity index (χ4v) is 2.56. The van der Waals surface area contributed by atoms with E-state index in [-0.39, 0.29) is 18.5 Å². The molecule has 6 nitrogen and oxygen atoms in total. The molecule has 2 rings (SSSR count). The Kier molecular flexibility index (Phi) is 5.27. The number of carbonyl (C=O) groups is 1. The molecule has 0 aliphatic rings. The van der Waals surface area contributed by atoms with Crippen molar-refractivity contribution in [1.82, 2.24) is 15.0 Å². The van der Waals surface area contributed by atoms with Crippen LogP contribution in [0.3, 0.4) is 0 Å². The molecule has 0 unspecified atom stereocenters. The van der Waals surface area contributed by atoms with Crippen LogP contribution in [0.2, 0.25) is 0 Å². The summed E-state index contributed by atoms with van der Waals surface area (Å²) in [6.45, 7) is 4.08. The molecule has 0 bridgehead atoms. The van der Waals surface area contributed by atoms with Gasteiger partial charge in [-0.25, -0.2) is 9.48 Å². The molecule has 0 saturated heterocycles. The Hall–Kier alpha value is -2.21. The SMILES string of the molecule is CCC(CC)c1c(CO)nnn1-c1ccc(C(=O)OC)cc1. The van der Waals surface area contributed by atoms with Gasteiger partial charge < -0.3 is 9.84 Å². The van der Waals surface area contributed by atoms with Crippen molar-refractivity contribution in [2.24, 2.45) is 0 Å². The zero-order valence-corrected chi connectivity index (χ0v) is 13.1. The van der Waals surface area contributed by atoms with Gasteiger partial charge in [0.1, 0.15) is 5.69 Å². The first kappa shape index (κ1) is 16.2. The van der Waals surface area contributed by atoms with E-state index in [0.29, 0.717) is 11.3 Å². The van der Waals surface area contributed by atoms with E-state index >= 15 is 0 Å². The monoisotopic (exact) mass is 303 g/mol. The molecule has 0 amide bonds. The minimum atomic E-state index is -0.374. The number of aromatic nitrogens is 3. The van der Waals surface area contributed by atoms with Crippen LogP contribution >= 0.6 is 0 Å². The van der Waals surface area contributed by atoms with E-state index in [0.717, 1.165) is 24.2 Å². The molecule has 0 radical (unpaired) electrons. The van der Waals surface area contributed by atoms with E-state index in [4.69, 9.17) is 4.74 Å². The van der Waals surface area contributed by atoms with Gasteiger partial charge in [0.05, 0.1) is 30.7 Å². The van der Waals surface area contributed by atoms with Crippen LogP contribution in [0.1, 0.15) is 54.4 Å². The zero-order valence-electron chi connectivity index (χ0n) is 13.1. The highest BCUT2D eigenvalue weighted by Crippen LogP contribution is 2.27. The highest BCUT2D eigenvalue weighted by atomic mass is 16.5. The predicted molar refractivity (Wildman–Crippen MR) is 81.9 cm³/mol. The van der Waals surface area contributed by atoms with Gasteiger partial charge in [0, 0.05) is 5.92 Å². The minimum Gasteiger partial charge on any atom is -0.465 e. The number of methoxy groups -OCH3 is 1. The van der Waals surface area contributed by atoms with E-state index in [1.165, 1.54) is 7.11 Å². The molecular formula is C16H21N3O3. The first-order valence-corrected chi connectivity index (χ1v) is 7.40. The molecule has 0 aliphatic heterocycles. The molecule has 0 spiro atoms. The second-order valence-corrected chi connectivity index (χ2v) is 5.04. The normalized spacial score (nSPS) is 11.0. The summed E-state index contributed by atoms with van der Waals surface area (Å²) in [7, 11) is 1.35. The van der Waals surface area contributed by atoms with E-state index < -0.39 is 0 Å². The van der Waals surface area contributed by atoms with Crippen molar-refractivity contribution in [3.8, 4) is 5.69 Å². The van der Waals surface area contributed by atoms with Crippen LogP contribution in [0.5, 0.6) is 0 Å². The van der Waals surface area contributed by atoms with Crippen molar-refractivity contribution in [2.45, 2.75) is 39.2 Å². The largest absolute Gasteiger partial charge is 0.465 e. The highest BCUT2D eigenvalue weighted by Gasteiger charge is 2.20. The van der Waals surface area contributed by atoms with Crippen LogP contribution in [-0.4, -0.2) is 33.2 Å². The van der Waals surface area contributed by atoms with Gasteiger partial charge in [-0.2, -0.15) is 0 Å². The molecule has 2 aromatic rings. The maximum atomic E-state index is 11.5. The van der Waals surface area contributed by atoms with Crippen LogP contribution in [0.25, 0.3) is 5.69 Å². The first-order chi connectivity index (χ1) is 10.7. The van der Waals surface area contributed by atoms with Crippen molar-refractivity contribution < 1.29 is 14.6 Å². The second kappa shape index (κ2) is 7.17. The summed E-state index contributed by atoms with van der Waals surface area (Å²) in [5.41, 5.74) is 2.82. The lowest BCUT2D eigenvalue weighted by molar-refractivity contribution is 0.0600. The third kappa shape index (κ3) is 3.01. The summed E-state index contributed by atoms with van der Waals surface area (Å²) in [6.07, 6.45) is 1.88. The molecule has 1 aromatic carbocycles. The maximum Gasteiger partial charge on any atom is 0.337 e. The molecule has 0 saturated carbocycles. The molecule has 0 atom stereocenters. The van der Waals surface area contributed by atoms with Crippen LogP contribution in [0, 0.1) is 0 Å². The molecule has 118 valence electrons. The van der Waals surface area contributed by atoms with Gasteiger partial charge in [0.25, 0.3) is 0 Å². The van der Waals surface area contributed by atoms with Crippen LogP contribution in [0.4, 0.5) is 0 Å². The molecular weight excluding hydrogens is 282 g/mol. The van der Waals surface area contributed by atoms with E-state index in [9.17, 15) is 9.90 Å². The Bertz CT molecular complexity index is 631. The zero-order chi connectivity index (χ0) is 16.1. The second-order valence-electron chi connectivity index (χ2n) is 5.04. The van der Waals surface area contributed by atoms with Crippen molar-refractivity contribution in [2.75, 3.05) is 7.11 Å². The summed E-state index contributed by atoms with van der Waals surface area (Å²) in [6, 6.07) is 6.98. The molecule has 22 heavy (non-hydrogen) atoms. The lowest BCUT2D eigenvalue weighted by Gasteiger charge is -2.15. The topological polar surface area (TPSA) is 77.2 Å². The lowest BCUT2D eigenvalue weighted by atomic mass is 9.97. The van der Waals surface area contributed by atoms with Crippen molar-refractivity contribution >= 4 is 5.97 Å². The highest BCUT2D eigenvalue weighted by molar-refractivity contribution is 5.89. The van der Waals surface area contributed by atoms with Crippen molar-refractivity contribution in [3.05, 3.63) is 41.2 Å². The van der Waals surface area contributed by atoms with Gasteiger partial charge >= 0.3 is 5.97 Å². The Morgan fingerprint density at radius 2 is 1.91 bits per heavy atom. The maximum absolute atomic E-state index is 11.5. The number of ether oxygens (including phenoxy) is 1. The van der Waals surface area contributed by atoms with Crippen LogP contribution in [-0.2, 0) is 11.3 Å². The average molecular weight is 303 g/mol. The summed E-state index contributed by atoms with van der Waals surface area (Å²) in [5, 5.41) is 17.7. The molecule has 1 N–H and O–H groups in total. The lowest BCUT2D eigenvalue weighted by Crippen LogP contribution is -2.09. The van der Waals surface area contributed by atoms with Gasteiger partial charge in [-0.3, -0.25) is 0 Å². The quantitative estimate of drug-likeness (QED) is 0.829. The molecule has 0 fully saturated rings. The minimum absolute atomic E-state index is 0.133. The first-order valence-electron chi connectivity index (χ1n) is 7.40. The molecule has 0 aliphatic carbocycles. The standard InChI is InChI=1S/C16H21N3O3/c1-4-11(5-2)15-14(10-20)17-18-19(15)13-8-6-12(7-9-13)16(21)22-3/h6-9,11,20H,4-5,10H2,1-3H3. The number of hydrogen-bond acceptors (Lipinski definition) is 5. The van der Waals surface area contributed by atoms with Gasteiger partial charge in [0.15, 0.2) is 0 Å². The van der Waals surface area contributed by atoms with Gasteiger partial charge in [-0.15, -0.1) is 5.10 Å². The van der Waals surface area contributed by atoms with E-state index in [1.54, 1.807) is 28.9 Å². The Morgan fingerprint density at radius 3 is 2.41 bits per heavy atom. The third-order valence-electron chi connectivity index (χ3n) is 3.83.